The lowest BCUT2D eigenvalue weighted by atomic mass is 10.0. The molecule has 0 bridgehead atoms. The van der Waals surface area contributed by atoms with Gasteiger partial charge in [0.15, 0.2) is 6.10 Å². The Hall–Kier alpha value is -3.15. The Balaban J connectivity index is 4.29. The van der Waals surface area contributed by atoms with Gasteiger partial charge < -0.3 is 14.2 Å². The fraction of sp³-hybridized carbons (Fsp3) is 0.762. The highest BCUT2D eigenvalue weighted by Crippen LogP contribution is 2.16. The second-order valence-electron chi connectivity index (χ2n) is 19.5. The minimum Gasteiger partial charge on any atom is -0.462 e. The van der Waals surface area contributed by atoms with E-state index >= 15 is 0 Å². The average molecular weight is 964 g/mol. The van der Waals surface area contributed by atoms with Gasteiger partial charge in [-0.1, -0.05) is 261 Å². The number of hydrogen-bond acceptors (Lipinski definition) is 6. The average Bonchev–Trinajstić information content (AvgIpc) is 3.35. The van der Waals surface area contributed by atoms with E-state index < -0.39 is 6.10 Å². The van der Waals surface area contributed by atoms with Crippen molar-refractivity contribution in [2.45, 2.75) is 297 Å². The molecule has 0 aliphatic rings. The summed E-state index contributed by atoms with van der Waals surface area (Å²) < 4.78 is 16.8. The molecule has 0 rings (SSSR count). The highest BCUT2D eigenvalue weighted by Gasteiger charge is 2.19. The third-order valence-corrected chi connectivity index (χ3v) is 12.7. The Morgan fingerprint density at radius 1 is 0.304 bits per heavy atom. The van der Waals surface area contributed by atoms with Gasteiger partial charge >= 0.3 is 17.9 Å². The van der Waals surface area contributed by atoms with E-state index in [-0.39, 0.29) is 31.1 Å². The van der Waals surface area contributed by atoms with Gasteiger partial charge in [-0.2, -0.15) is 0 Å². The van der Waals surface area contributed by atoms with Crippen LogP contribution in [0, 0.1) is 0 Å². The van der Waals surface area contributed by atoms with Crippen molar-refractivity contribution in [3.63, 3.8) is 0 Å². The van der Waals surface area contributed by atoms with E-state index in [1.807, 2.05) is 0 Å². The molecule has 0 radical (unpaired) electrons. The van der Waals surface area contributed by atoms with E-state index in [2.05, 4.69) is 93.7 Å². The maximum absolute atomic E-state index is 12.9. The van der Waals surface area contributed by atoms with Crippen molar-refractivity contribution < 1.29 is 28.6 Å². The molecule has 69 heavy (non-hydrogen) atoms. The molecule has 6 nitrogen and oxygen atoms in total. The zero-order valence-electron chi connectivity index (χ0n) is 45.6. The summed E-state index contributed by atoms with van der Waals surface area (Å²) in [7, 11) is 0. The van der Waals surface area contributed by atoms with Crippen molar-refractivity contribution in [3.8, 4) is 0 Å². The standard InChI is InChI=1S/C63H110O6/c1-4-7-10-13-16-19-22-24-26-28-30-31-32-33-34-36-37-39-41-44-47-50-53-56-62(65)68-59-60(58-67-61(64)55-52-49-46-43-21-18-15-12-9-6-3)69-63(66)57-54-51-48-45-42-40-38-35-29-27-25-23-20-17-14-11-8-5-2/h7,10,12,15-16,19,24,26,30-31,33-34,60H,4-6,8-9,11,13-14,17-18,20-23,25,27-29,32,35-59H2,1-3H3/b10-7-,15-12-,19-16-,26-24-,31-30-,34-33-. The molecule has 0 aromatic rings. The third-order valence-electron chi connectivity index (χ3n) is 12.7. The molecule has 1 atom stereocenters. The summed E-state index contributed by atoms with van der Waals surface area (Å²) in [5.41, 5.74) is 0. The van der Waals surface area contributed by atoms with E-state index in [9.17, 15) is 14.4 Å². The highest BCUT2D eigenvalue weighted by molar-refractivity contribution is 5.71. The summed E-state index contributed by atoms with van der Waals surface area (Å²) in [4.78, 5) is 38.1. The second-order valence-corrected chi connectivity index (χ2v) is 19.5. The van der Waals surface area contributed by atoms with Gasteiger partial charge in [0, 0.05) is 19.3 Å². The molecule has 0 aliphatic heterocycles. The lowest BCUT2D eigenvalue weighted by Gasteiger charge is -2.18. The first-order valence-electron chi connectivity index (χ1n) is 29.4. The van der Waals surface area contributed by atoms with Gasteiger partial charge in [0.2, 0.25) is 0 Å². The van der Waals surface area contributed by atoms with Gasteiger partial charge in [0.25, 0.3) is 0 Å². The number of unbranched alkanes of at least 4 members (excludes halogenated alkanes) is 30. The van der Waals surface area contributed by atoms with Crippen LogP contribution in [0.15, 0.2) is 72.9 Å². The Labute approximate surface area is 427 Å². The number of rotatable bonds is 53. The van der Waals surface area contributed by atoms with Crippen LogP contribution in [-0.2, 0) is 28.6 Å². The summed E-state index contributed by atoms with van der Waals surface area (Å²) in [5, 5.41) is 0. The van der Waals surface area contributed by atoms with Gasteiger partial charge in [0.05, 0.1) is 0 Å². The first-order chi connectivity index (χ1) is 34.0. The van der Waals surface area contributed by atoms with E-state index in [1.165, 1.54) is 141 Å². The summed E-state index contributed by atoms with van der Waals surface area (Å²) in [6.45, 7) is 6.48. The van der Waals surface area contributed by atoms with Crippen molar-refractivity contribution in [1.82, 2.24) is 0 Å². The molecule has 0 spiro atoms. The quantitative estimate of drug-likeness (QED) is 0.0262. The molecule has 1 unspecified atom stereocenters. The fourth-order valence-electron chi connectivity index (χ4n) is 8.30. The minimum absolute atomic E-state index is 0.0812. The molecule has 6 heteroatoms. The molecule has 0 saturated carbocycles. The van der Waals surface area contributed by atoms with Crippen molar-refractivity contribution in [2.75, 3.05) is 13.2 Å². The summed E-state index contributed by atoms with van der Waals surface area (Å²) in [5.74, 6) is -0.891. The van der Waals surface area contributed by atoms with Crippen molar-refractivity contribution in [1.29, 1.82) is 0 Å². The molecular weight excluding hydrogens is 853 g/mol. The van der Waals surface area contributed by atoms with Crippen LogP contribution in [0.4, 0.5) is 0 Å². The SMILES string of the molecule is CC/C=C\C/C=C\C/C=C\C/C=C\C/C=C\CCCCCCCCCC(=O)OCC(COC(=O)CCCCCCC/C=C\CCC)OC(=O)CCCCCCCCCCCCCCCCCCCC. The first-order valence-corrected chi connectivity index (χ1v) is 29.4. The van der Waals surface area contributed by atoms with Crippen LogP contribution < -0.4 is 0 Å². The molecule has 398 valence electrons. The van der Waals surface area contributed by atoms with E-state index in [0.717, 1.165) is 109 Å². The van der Waals surface area contributed by atoms with Gasteiger partial charge in [-0.15, -0.1) is 0 Å². The molecule has 0 N–H and O–H groups in total. The number of carbonyl (C=O) groups is 3. The van der Waals surface area contributed by atoms with Gasteiger partial charge in [0.1, 0.15) is 13.2 Å². The smallest absolute Gasteiger partial charge is 0.306 e. The van der Waals surface area contributed by atoms with E-state index in [4.69, 9.17) is 14.2 Å². The zero-order valence-corrected chi connectivity index (χ0v) is 45.6. The second kappa shape index (κ2) is 57.4. The number of allylic oxidation sites excluding steroid dienone is 12. The topological polar surface area (TPSA) is 78.9 Å². The van der Waals surface area contributed by atoms with Crippen LogP contribution >= 0.6 is 0 Å². The number of ether oxygens (including phenoxy) is 3. The molecule has 0 saturated heterocycles. The van der Waals surface area contributed by atoms with Crippen LogP contribution in [-0.4, -0.2) is 37.2 Å². The monoisotopic (exact) mass is 963 g/mol. The van der Waals surface area contributed by atoms with Crippen LogP contribution in [0.1, 0.15) is 290 Å². The Kier molecular flexibility index (Phi) is 54.8. The number of carbonyl (C=O) groups excluding carboxylic acids is 3. The van der Waals surface area contributed by atoms with Crippen LogP contribution in [0.3, 0.4) is 0 Å². The maximum Gasteiger partial charge on any atom is 0.306 e. The molecule has 0 amide bonds. The highest BCUT2D eigenvalue weighted by atomic mass is 16.6. The number of esters is 3. The lowest BCUT2D eigenvalue weighted by molar-refractivity contribution is -0.167. The first kappa shape index (κ1) is 65.8. The predicted octanol–water partition coefficient (Wildman–Crippen LogP) is 19.8. The largest absolute Gasteiger partial charge is 0.462 e. The zero-order chi connectivity index (χ0) is 50.0. The van der Waals surface area contributed by atoms with Crippen LogP contribution in [0.2, 0.25) is 0 Å². The lowest BCUT2D eigenvalue weighted by Crippen LogP contribution is -2.30. The Morgan fingerprint density at radius 2 is 0.594 bits per heavy atom. The molecule has 0 aromatic carbocycles. The van der Waals surface area contributed by atoms with E-state index in [1.54, 1.807) is 0 Å². The van der Waals surface area contributed by atoms with E-state index in [0.29, 0.717) is 19.3 Å². The third kappa shape index (κ3) is 55.6. The van der Waals surface area contributed by atoms with Crippen molar-refractivity contribution in [2.24, 2.45) is 0 Å². The maximum atomic E-state index is 12.9. The minimum atomic E-state index is -0.781. The van der Waals surface area contributed by atoms with Gasteiger partial charge in [-0.05, 0) is 83.5 Å². The van der Waals surface area contributed by atoms with Crippen molar-refractivity contribution >= 4 is 17.9 Å². The fourth-order valence-corrected chi connectivity index (χ4v) is 8.30. The van der Waals surface area contributed by atoms with Crippen LogP contribution in [0.25, 0.3) is 0 Å². The Bertz CT molecular complexity index is 1290. The van der Waals surface area contributed by atoms with Crippen LogP contribution in [0.5, 0.6) is 0 Å². The van der Waals surface area contributed by atoms with Gasteiger partial charge in [-0.25, -0.2) is 0 Å². The molecular formula is C63H110O6. The van der Waals surface area contributed by atoms with Crippen molar-refractivity contribution in [3.05, 3.63) is 72.9 Å². The van der Waals surface area contributed by atoms with Gasteiger partial charge in [-0.3, -0.25) is 14.4 Å². The predicted molar refractivity (Wildman–Crippen MR) is 298 cm³/mol. The summed E-state index contributed by atoms with van der Waals surface area (Å²) in [6, 6.07) is 0. The summed E-state index contributed by atoms with van der Waals surface area (Å²) >= 11 is 0. The summed E-state index contributed by atoms with van der Waals surface area (Å²) in [6.07, 6.45) is 73.3. The normalized spacial score (nSPS) is 12.6. The number of hydrogen-bond donors (Lipinski definition) is 0. The molecule has 0 aliphatic carbocycles. The Morgan fingerprint density at radius 3 is 0.957 bits per heavy atom. The molecule has 0 aromatic heterocycles. The molecule has 0 fully saturated rings. The molecule has 0 heterocycles.